The van der Waals surface area contributed by atoms with E-state index in [1.165, 1.54) is 6.92 Å². The Kier molecular flexibility index (Phi) is 3.43. The molecule has 1 aliphatic heterocycles. The zero-order valence-electron chi connectivity index (χ0n) is 7.06. The van der Waals surface area contributed by atoms with Gasteiger partial charge in [-0.3, -0.25) is 10.1 Å². The molecular weight excluding hydrogens is 162 g/mol. The van der Waals surface area contributed by atoms with Crippen molar-refractivity contribution >= 4 is 0 Å². The molecule has 0 bridgehead atoms. The lowest BCUT2D eigenvalue weighted by atomic mass is 10.3. The normalized spacial score (nSPS) is 25.6. The van der Waals surface area contributed by atoms with E-state index in [1.54, 1.807) is 0 Å². The first-order valence-electron chi connectivity index (χ1n) is 4.07. The number of hydrogen-bond acceptors (Lipinski definition) is 4. The third kappa shape index (κ3) is 2.75. The molecule has 1 rings (SSSR count). The van der Waals surface area contributed by atoms with Gasteiger partial charge in [0.05, 0.1) is 0 Å². The van der Waals surface area contributed by atoms with E-state index < -0.39 is 6.04 Å². The zero-order chi connectivity index (χ0) is 8.97. The number of nitrogens with zero attached hydrogens (tertiary/aromatic N) is 1. The van der Waals surface area contributed by atoms with E-state index in [-0.39, 0.29) is 17.8 Å². The topological polar surface area (TPSA) is 61.6 Å². The molecule has 0 radical (unpaired) electrons. The Morgan fingerprint density at radius 1 is 1.83 bits per heavy atom. The Morgan fingerprint density at radius 3 is 3.08 bits per heavy atom. The van der Waals surface area contributed by atoms with E-state index >= 15 is 0 Å². The Bertz CT molecular complexity index is 155. The van der Waals surface area contributed by atoms with Gasteiger partial charge in [-0.2, -0.15) is 0 Å². The van der Waals surface area contributed by atoms with Gasteiger partial charge in [-0.05, 0) is 6.42 Å². The molecule has 12 heavy (non-hydrogen) atoms. The van der Waals surface area contributed by atoms with Gasteiger partial charge in [-0.25, -0.2) is 0 Å². The van der Waals surface area contributed by atoms with Crippen LogP contribution in [-0.4, -0.2) is 30.5 Å². The molecule has 0 aromatic carbocycles. The molecule has 2 unspecified atom stereocenters. The smallest absolute Gasteiger partial charge is 0.233 e. The quantitative estimate of drug-likeness (QED) is 0.468. The molecule has 70 valence electrons. The van der Waals surface area contributed by atoms with Crippen LogP contribution in [0, 0.1) is 10.1 Å². The highest BCUT2D eigenvalue weighted by Crippen LogP contribution is 2.13. The molecule has 1 heterocycles. The molecule has 1 aliphatic rings. The third-order valence-corrected chi connectivity index (χ3v) is 1.77. The highest BCUT2D eigenvalue weighted by Gasteiger charge is 2.20. The second kappa shape index (κ2) is 4.37. The van der Waals surface area contributed by atoms with Crippen LogP contribution in [0.5, 0.6) is 0 Å². The minimum atomic E-state index is -0.644. The minimum absolute atomic E-state index is 0.137. The lowest BCUT2D eigenvalue weighted by molar-refractivity contribution is -0.523. The highest BCUT2D eigenvalue weighted by atomic mass is 16.7. The van der Waals surface area contributed by atoms with Gasteiger partial charge in [0.25, 0.3) is 0 Å². The average molecular weight is 175 g/mol. The van der Waals surface area contributed by atoms with E-state index in [0.717, 1.165) is 12.8 Å². The lowest BCUT2D eigenvalue weighted by Crippen LogP contribution is -2.25. The number of nitro groups is 1. The molecule has 0 spiro atoms. The van der Waals surface area contributed by atoms with Crippen molar-refractivity contribution in [3.8, 4) is 0 Å². The van der Waals surface area contributed by atoms with Gasteiger partial charge in [0.2, 0.25) is 6.04 Å². The number of rotatable bonds is 4. The van der Waals surface area contributed by atoms with Gasteiger partial charge in [0.1, 0.15) is 6.61 Å². The second-order valence-electron chi connectivity index (χ2n) is 2.91. The van der Waals surface area contributed by atoms with Crippen molar-refractivity contribution in [2.75, 3.05) is 13.2 Å². The predicted molar refractivity (Wildman–Crippen MR) is 41.4 cm³/mol. The van der Waals surface area contributed by atoms with Crippen molar-refractivity contribution < 1.29 is 14.4 Å². The molecule has 0 saturated carbocycles. The summed E-state index contributed by atoms with van der Waals surface area (Å²) in [6.07, 6.45) is 1.62. The van der Waals surface area contributed by atoms with Gasteiger partial charge >= 0.3 is 0 Å². The summed E-state index contributed by atoms with van der Waals surface area (Å²) in [6, 6.07) is -0.644. The number of ether oxygens (including phenoxy) is 2. The fourth-order valence-electron chi connectivity index (χ4n) is 0.987. The van der Waals surface area contributed by atoms with Crippen LogP contribution in [0.2, 0.25) is 0 Å². The first-order valence-corrected chi connectivity index (χ1v) is 4.07. The van der Waals surface area contributed by atoms with Crippen LogP contribution in [0.4, 0.5) is 0 Å². The average Bonchev–Trinajstić information content (AvgIpc) is 2.51. The summed E-state index contributed by atoms with van der Waals surface area (Å²) in [5.41, 5.74) is 0. The highest BCUT2D eigenvalue weighted by molar-refractivity contribution is 4.55. The van der Waals surface area contributed by atoms with E-state index in [2.05, 4.69) is 0 Å². The van der Waals surface area contributed by atoms with Gasteiger partial charge in [-0.15, -0.1) is 0 Å². The molecule has 1 saturated heterocycles. The van der Waals surface area contributed by atoms with Gasteiger partial charge in [0, 0.05) is 24.9 Å². The summed E-state index contributed by atoms with van der Waals surface area (Å²) in [4.78, 5) is 9.84. The molecule has 5 heteroatoms. The Balaban J connectivity index is 2.11. The molecule has 0 aromatic heterocycles. The van der Waals surface area contributed by atoms with Crippen LogP contribution < -0.4 is 0 Å². The van der Waals surface area contributed by atoms with Crippen LogP contribution in [0.1, 0.15) is 19.8 Å². The van der Waals surface area contributed by atoms with Gasteiger partial charge in [-0.1, -0.05) is 0 Å². The molecule has 0 aromatic rings. The first kappa shape index (κ1) is 9.41. The molecule has 2 atom stereocenters. The molecule has 5 nitrogen and oxygen atoms in total. The largest absolute Gasteiger partial charge is 0.353 e. The molecule has 0 N–H and O–H groups in total. The van der Waals surface area contributed by atoms with Crippen LogP contribution in [0.25, 0.3) is 0 Å². The second-order valence-corrected chi connectivity index (χ2v) is 2.91. The summed E-state index contributed by atoms with van der Waals surface area (Å²) < 4.78 is 10.3. The van der Waals surface area contributed by atoms with E-state index in [1.807, 2.05) is 0 Å². The Labute approximate surface area is 70.8 Å². The molecule has 1 fully saturated rings. The first-order chi connectivity index (χ1) is 5.70. The predicted octanol–water partition coefficient (Wildman–Crippen LogP) is 0.805. The minimum Gasteiger partial charge on any atom is -0.353 e. The van der Waals surface area contributed by atoms with Gasteiger partial charge < -0.3 is 9.47 Å². The van der Waals surface area contributed by atoms with Crippen molar-refractivity contribution in [1.29, 1.82) is 0 Å². The van der Waals surface area contributed by atoms with Crippen molar-refractivity contribution in [2.24, 2.45) is 0 Å². The van der Waals surface area contributed by atoms with Crippen molar-refractivity contribution in [3.63, 3.8) is 0 Å². The standard InChI is InChI=1S/C7H13NO4/c1-6(8(9)10)5-12-7-3-2-4-11-7/h6-7H,2-5H2,1H3. The third-order valence-electron chi connectivity index (χ3n) is 1.77. The van der Waals surface area contributed by atoms with E-state index in [4.69, 9.17) is 9.47 Å². The fourth-order valence-corrected chi connectivity index (χ4v) is 0.987. The molecule has 0 aliphatic carbocycles. The Morgan fingerprint density at radius 2 is 2.58 bits per heavy atom. The summed E-state index contributed by atoms with van der Waals surface area (Å²) in [5.74, 6) is 0. The Hall–Kier alpha value is -0.680. The maximum absolute atomic E-state index is 10.2. The maximum atomic E-state index is 10.2. The van der Waals surface area contributed by atoms with Crippen LogP contribution in [-0.2, 0) is 9.47 Å². The van der Waals surface area contributed by atoms with Crippen LogP contribution in [0.15, 0.2) is 0 Å². The lowest BCUT2D eigenvalue weighted by Gasteiger charge is -2.10. The van der Waals surface area contributed by atoms with Crippen molar-refractivity contribution in [1.82, 2.24) is 0 Å². The van der Waals surface area contributed by atoms with E-state index in [0.29, 0.717) is 6.61 Å². The summed E-state index contributed by atoms with van der Waals surface area (Å²) in [5, 5.41) is 10.2. The molecular formula is C7H13NO4. The fraction of sp³-hybridized carbons (Fsp3) is 1.00. The van der Waals surface area contributed by atoms with Crippen molar-refractivity contribution in [3.05, 3.63) is 10.1 Å². The number of hydrogen-bond donors (Lipinski definition) is 0. The summed E-state index contributed by atoms with van der Waals surface area (Å²) in [7, 11) is 0. The maximum Gasteiger partial charge on any atom is 0.233 e. The van der Waals surface area contributed by atoms with Crippen LogP contribution >= 0.6 is 0 Å². The van der Waals surface area contributed by atoms with Crippen molar-refractivity contribution in [2.45, 2.75) is 32.1 Å². The van der Waals surface area contributed by atoms with Crippen LogP contribution in [0.3, 0.4) is 0 Å². The monoisotopic (exact) mass is 175 g/mol. The summed E-state index contributed by atoms with van der Waals surface area (Å²) >= 11 is 0. The summed E-state index contributed by atoms with van der Waals surface area (Å²) in [6.45, 7) is 2.37. The zero-order valence-corrected chi connectivity index (χ0v) is 7.06. The van der Waals surface area contributed by atoms with E-state index in [9.17, 15) is 10.1 Å². The molecule has 0 amide bonds. The van der Waals surface area contributed by atoms with Gasteiger partial charge in [0.15, 0.2) is 6.29 Å². The SMILES string of the molecule is CC(COC1CCCO1)[N+](=O)[O-].